The van der Waals surface area contributed by atoms with Gasteiger partial charge in [0, 0.05) is 19.6 Å². The molecule has 3 rings (SSSR count). The highest BCUT2D eigenvalue weighted by Gasteiger charge is 2.38. The predicted molar refractivity (Wildman–Crippen MR) is 69.6 cm³/mol. The standard InChI is InChI=1S/C14H20N2O3/c1-11-2-3-12(19-11)8-16-6-4-14(5-7-16)10-15-13(17)9-18-14/h2-3H,4-10H2,1H3,(H,15,17). The van der Waals surface area contributed by atoms with E-state index in [2.05, 4.69) is 10.2 Å². The van der Waals surface area contributed by atoms with Crippen molar-refractivity contribution in [3.8, 4) is 0 Å². The van der Waals surface area contributed by atoms with Gasteiger partial charge in [0.15, 0.2) is 0 Å². The van der Waals surface area contributed by atoms with Gasteiger partial charge in [0.05, 0.1) is 12.1 Å². The maximum absolute atomic E-state index is 11.1. The molecular formula is C14H20N2O3. The van der Waals surface area contributed by atoms with Crippen LogP contribution in [-0.2, 0) is 16.1 Å². The summed E-state index contributed by atoms with van der Waals surface area (Å²) < 4.78 is 11.4. The molecule has 1 aromatic rings. The van der Waals surface area contributed by atoms with Gasteiger partial charge in [0.2, 0.25) is 5.91 Å². The van der Waals surface area contributed by atoms with Gasteiger partial charge in [-0.1, -0.05) is 0 Å². The number of nitrogens with one attached hydrogen (secondary N) is 1. The average Bonchev–Trinajstić information content (AvgIpc) is 2.82. The third-order valence-corrected chi connectivity index (χ3v) is 4.06. The normalized spacial score (nSPS) is 23.5. The monoisotopic (exact) mass is 264 g/mol. The van der Waals surface area contributed by atoms with E-state index in [1.165, 1.54) is 0 Å². The van der Waals surface area contributed by atoms with Crippen LogP contribution in [-0.4, -0.2) is 42.6 Å². The Kier molecular flexibility index (Phi) is 3.33. The zero-order chi connectivity index (χ0) is 13.3. The number of amides is 1. The number of furan rings is 1. The molecule has 0 radical (unpaired) electrons. The molecule has 104 valence electrons. The lowest BCUT2D eigenvalue weighted by Crippen LogP contribution is -2.57. The molecule has 2 aliphatic heterocycles. The lowest BCUT2D eigenvalue weighted by atomic mass is 9.90. The van der Waals surface area contributed by atoms with Gasteiger partial charge < -0.3 is 14.5 Å². The molecule has 1 N–H and O–H groups in total. The molecule has 2 saturated heterocycles. The van der Waals surface area contributed by atoms with Crippen LogP contribution in [0.2, 0.25) is 0 Å². The van der Waals surface area contributed by atoms with Gasteiger partial charge >= 0.3 is 0 Å². The first kappa shape index (κ1) is 12.7. The molecule has 3 heterocycles. The molecule has 0 aliphatic carbocycles. The second-order valence-corrected chi connectivity index (χ2v) is 5.54. The number of ether oxygens (including phenoxy) is 1. The van der Waals surface area contributed by atoms with Crippen LogP contribution >= 0.6 is 0 Å². The van der Waals surface area contributed by atoms with Crippen LogP contribution in [0.1, 0.15) is 24.4 Å². The van der Waals surface area contributed by atoms with E-state index in [0.29, 0.717) is 6.54 Å². The molecule has 0 aromatic carbocycles. The molecular weight excluding hydrogens is 244 g/mol. The van der Waals surface area contributed by atoms with Crippen molar-refractivity contribution in [1.29, 1.82) is 0 Å². The minimum absolute atomic E-state index is 0.000819. The molecule has 19 heavy (non-hydrogen) atoms. The number of rotatable bonds is 2. The van der Waals surface area contributed by atoms with Crippen molar-refractivity contribution in [2.24, 2.45) is 0 Å². The zero-order valence-corrected chi connectivity index (χ0v) is 11.3. The van der Waals surface area contributed by atoms with Crippen molar-refractivity contribution in [1.82, 2.24) is 10.2 Å². The second-order valence-electron chi connectivity index (χ2n) is 5.54. The number of aryl methyl sites for hydroxylation is 1. The number of nitrogens with zero attached hydrogens (tertiary/aromatic N) is 1. The smallest absolute Gasteiger partial charge is 0.246 e. The summed E-state index contributed by atoms with van der Waals surface area (Å²) in [5.74, 6) is 1.98. The minimum atomic E-state index is -0.135. The Morgan fingerprint density at radius 2 is 2.16 bits per heavy atom. The molecule has 0 bridgehead atoms. The Balaban J connectivity index is 1.53. The van der Waals surface area contributed by atoms with Crippen LogP contribution in [0.3, 0.4) is 0 Å². The van der Waals surface area contributed by atoms with E-state index in [0.717, 1.165) is 44.0 Å². The molecule has 2 aliphatic rings. The predicted octanol–water partition coefficient (Wildman–Crippen LogP) is 1.07. The topological polar surface area (TPSA) is 54.7 Å². The first-order chi connectivity index (χ1) is 9.15. The van der Waals surface area contributed by atoms with E-state index in [9.17, 15) is 4.79 Å². The molecule has 5 nitrogen and oxygen atoms in total. The van der Waals surface area contributed by atoms with Crippen molar-refractivity contribution in [2.45, 2.75) is 31.9 Å². The summed E-state index contributed by atoms with van der Waals surface area (Å²) in [6, 6.07) is 4.04. The fourth-order valence-electron chi connectivity index (χ4n) is 2.81. The highest BCUT2D eigenvalue weighted by atomic mass is 16.5. The van der Waals surface area contributed by atoms with E-state index < -0.39 is 0 Å². The number of hydrogen-bond acceptors (Lipinski definition) is 4. The fourth-order valence-corrected chi connectivity index (χ4v) is 2.81. The fraction of sp³-hybridized carbons (Fsp3) is 0.643. The van der Waals surface area contributed by atoms with Crippen LogP contribution in [0.4, 0.5) is 0 Å². The largest absolute Gasteiger partial charge is 0.465 e. The Morgan fingerprint density at radius 1 is 1.37 bits per heavy atom. The second kappa shape index (κ2) is 4.98. The first-order valence-electron chi connectivity index (χ1n) is 6.84. The first-order valence-corrected chi connectivity index (χ1v) is 6.84. The van der Waals surface area contributed by atoms with E-state index >= 15 is 0 Å². The number of morpholine rings is 1. The summed E-state index contributed by atoms with van der Waals surface area (Å²) in [6.45, 7) is 5.64. The molecule has 0 unspecified atom stereocenters. The summed E-state index contributed by atoms with van der Waals surface area (Å²) in [6.07, 6.45) is 1.93. The van der Waals surface area contributed by atoms with Gasteiger partial charge in [0.25, 0.3) is 0 Å². The van der Waals surface area contributed by atoms with E-state index in [4.69, 9.17) is 9.15 Å². The van der Waals surface area contributed by atoms with Crippen molar-refractivity contribution < 1.29 is 13.9 Å². The van der Waals surface area contributed by atoms with Crippen LogP contribution in [0, 0.1) is 6.92 Å². The Morgan fingerprint density at radius 3 is 2.74 bits per heavy atom. The molecule has 1 aromatic heterocycles. The van der Waals surface area contributed by atoms with Gasteiger partial charge in [-0.2, -0.15) is 0 Å². The van der Waals surface area contributed by atoms with E-state index in [1.54, 1.807) is 0 Å². The SMILES string of the molecule is Cc1ccc(CN2CCC3(CC2)CNC(=O)CO3)o1. The van der Waals surface area contributed by atoms with Gasteiger partial charge in [-0.05, 0) is 31.9 Å². The van der Waals surface area contributed by atoms with Crippen molar-refractivity contribution in [3.63, 3.8) is 0 Å². The average molecular weight is 264 g/mol. The van der Waals surface area contributed by atoms with Crippen LogP contribution in [0.15, 0.2) is 16.5 Å². The van der Waals surface area contributed by atoms with Gasteiger partial charge in [-0.25, -0.2) is 0 Å². The van der Waals surface area contributed by atoms with Crippen molar-refractivity contribution in [2.75, 3.05) is 26.2 Å². The quantitative estimate of drug-likeness (QED) is 0.868. The van der Waals surface area contributed by atoms with Crippen LogP contribution in [0.25, 0.3) is 0 Å². The number of piperidine rings is 1. The van der Waals surface area contributed by atoms with E-state index in [1.807, 2.05) is 19.1 Å². The number of carbonyl (C=O) groups excluding carboxylic acids is 1. The Labute approximate surface area is 112 Å². The molecule has 0 atom stereocenters. The van der Waals surface area contributed by atoms with Crippen LogP contribution < -0.4 is 5.32 Å². The number of hydrogen-bond donors (Lipinski definition) is 1. The summed E-state index contributed by atoms with van der Waals surface area (Å²) in [4.78, 5) is 13.5. The molecule has 5 heteroatoms. The lowest BCUT2D eigenvalue weighted by molar-refractivity contribution is -0.150. The number of carbonyl (C=O) groups is 1. The minimum Gasteiger partial charge on any atom is -0.465 e. The Hall–Kier alpha value is -1.33. The van der Waals surface area contributed by atoms with Crippen molar-refractivity contribution >= 4 is 5.91 Å². The molecule has 1 amide bonds. The summed E-state index contributed by atoms with van der Waals surface area (Å²) in [5, 5.41) is 2.91. The maximum atomic E-state index is 11.1. The third-order valence-electron chi connectivity index (χ3n) is 4.06. The summed E-state index contributed by atoms with van der Waals surface area (Å²) >= 11 is 0. The van der Waals surface area contributed by atoms with E-state index in [-0.39, 0.29) is 18.1 Å². The van der Waals surface area contributed by atoms with Gasteiger partial charge in [-0.3, -0.25) is 9.69 Å². The molecule has 1 spiro atoms. The highest BCUT2D eigenvalue weighted by molar-refractivity contribution is 5.78. The summed E-state index contributed by atoms with van der Waals surface area (Å²) in [7, 11) is 0. The summed E-state index contributed by atoms with van der Waals surface area (Å²) in [5.41, 5.74) is -0.135. The van der Waals surface area contributed by atoms with Gasteiger partial charge in [-0.15, -0.1) is 0 Å². The lowest BCUT2D eigenvalue weighted by Gasteiger charge is -2.43. The maximum Gasteiger partial charge on any atom is 0.246 e. The van der Waals surface area contributed by atoms with Crippen molar-refractivity contribution in [3.05, 3.63) is 23.7 Å². The molecule has 0 saturated carbocycles. The highest BCUT2D eigenvalue weighted by Crippen LogP contribution is 2.28. The third kappa shape index (κ3) is 2.82. The van der Waals surface area contributed by atoms with Gasteiger partial charge in [0.1, 0.15) is 18.1 Å². The molecule has 2 fully saturated rings. The number of likely N-dealkylation sites (tertiary alicyclic amines) is 1. The van der Waals surface area contributed by atoms with Crippen LogP contribution in [0.5, 0.6) is 0 Å². The zero-order valence-electron chi connectivity index (χ0n) is 11.3. The Bertz CT molecular complexity index is 449.